The predicted molar refractivity (Wildman–Crippen MR) is 245 cm³/mol. The Bertz CT molecular complexity index is 1920. The summed E-state index contributed by atoms with van der Waals surface area (Å²) in [6.07, 6.45) is 1.01. The second kappa shape index (κ2) is 21.7. The zero-order chi connectivity index (χ0) is 41.8. The average Bonchev–Trinajstić information content (AvgIpc) is 3.83. The molecule has 1 aliphatic carbocycles. The van der Waals surface area contributed by atoms with E-state index < -0.39 is 0 Å². The van der Waals surface area contributed by atoms with E-state index in [4.69, 9.17) is 46.4 Å². The van der Waals surface area contributed by atoms with Gasteiger partial charge in [0, 0.05) is 0 Å². The largest absolute Gasteiger partial charge is 1.00 e. The van der Waals surface area contributed by atoms with Crippen LogP contribution in [0, 0.1) is 6.07 Å². The van der Waals surface area contributed by atoms with Gasteiger partial charge in [0.2, 0.25) is 0 Å². The van der Waals surface area contributed by atoms with Crippen LogP contribution < -0.4 is 24.8 Å². The van der Waals surface area contributed by atoms with Crippen LogP contribution >= 0.6 is 46.4 Å². The first-order chi connectivity index (χ1) is 26.0. The summed E-state index contributed by atoms with van der Waals surface area (Å²) >= 11 is 25.3. The van der Waals surface area contributed by atoms with Crippen LogP contribution in [0.25, 0.3) is 11.1 Å². The van der Waals surface area contributed by atoms with Gasteiger partial charge in [-0.3, -0.25) is 0 Å². The second-order valence-corrected chi connectivity index (χ2v) is 21.4. The number of halogens is 6. The van der Waals surface area contributed by atoms with Crippen LogP contribution in [0.4, 0.5) is 0 Å². The maximum absolute atomic E-state index is 5.99. The molecule has 7 heteroatoms. The molecule has 0 N–H and O–H groups in total. The molecule has 1 aliphatic rings. The van der Waals surface area contributed by atoms with Gasteiger partial charge in [-0.1, -0.05) is 106 Å². The Morgan fingerprint density at radius 1 is 0.534 bits per heavy atom. The topological polar surface area (TPSA) is 0 Å². The van der Waals surface area contributed by atoms with E-state index in [1.54, 1.807) is 0 Å². The van der Waals surface area contributed by atoms with Crippen molar-refractivity contribution in [1.82, 2.24) is 0 Å². The van der Waals surface area contributed by atoms with Crippen LogP contribution in [0.1, 0.15) is 150 Å². The number of benzene rings is 4. The molecule has 5 aromatic carbocycles. The molecule has 0 bridgehead atoms. The molecule has 6 rings (SSSR count). The van der Waals surface area contributed by atoms with Crippen molar-refractivity contribution >= 4 is 49.6 Å². The fourth-order valence-corrected chi connectivity index (χ4v) is 8.56. The molecule has 0 aromatic heterocycles. The first kappa shape index (κ1) is 52.9. The maximum Gasteiger partial charge on any atom is -0.172 e. The third-order valence-corrected chi connectivity index (χ3v) is 12.7. The Labute approximate surface area is 398 Å². The molecule has 0 unspecified atom stereocenters. The molecular formula is C51H60Cl6Zr-2. The SMILES string of the molecule is CC(C)(C)c1[c-]c2c(cc1C(C)(C)C)-c1cc(C(C)(C)C)c(C(C)(C)C)cc1C2.ClCc1cc(CCl)cc([C](=[Zr+2])c2cc(CCl)cc(CCl)c2)c1.[Cl-].[Cl-].c1cc[cH-]c1. The molecule has 0 saturated carbocycles. The maximum atomic E-state index is 5.99. The molecule has 0 fully saturated rings. The first-order valence-electron chi connectivity index (χ1n) is 19.6. The third-order valence-electron chi connectivity index (χ3n) is 10.1. The van der Waals surface area contributed by atoms with E-state index in [1.807, 2.05) is 42.5 Å². The average molecular weight is 977 g/mol. The number of rotatable bonds is 6. The summed E-state index contributed by atoms with van der Waals surface area (Å²) in [4.78, 5) is 0. The van der Waals surface area contributed by atoms with Crippen LogP contribution in [-0.4, -0.2) is 3.21 Å². The summed E-state index contributed by atoms with van der Waals surface area (Å²) in [7, 11) is 0. The molecule has 58 heavy (non-hydrogen) atoms. The Morgan fingerprint density at radius 2 is 0.914 bits per heavy atom. The van der Waals surface area contributed by atoms with Crippen molar-refractivity contribution in [2.45, 2.75) is 135 Å². The van der Waals surface area contributed by atoms with Crippen LogP contribution in [0.2, 0.25) is 0 Å². The Hall–Kier alpha value is -1.28. The standard InChI is InChI=1S/C29H41.C17H14Cl4.C5H5.2ClH.Zr/c1-26(2,3)22-14-18-13-19-15-23(27(4,5)6)25(29(10,11)12)17-21(19)20(18)16-24(22)28(7,8)9;18-8-14-2-12(3-15(6-14)9-19)1-13-4-16(10-20)7-17(5-13)11-21;1-2-4-5-3-1;;;/h14,16-17H,13H2,1-12H3;2-7H,8-11H2;1-5H;2*1H;/q-1;;-1;;;+2/p-2. The van der Waals surface area contributed by atoms with Crippen LogP contribution in [0.5, 0.6) is 0 Å². The van der Waals surface area contributed by atoms with Gasteiger partial charge in [-0.25, -0.2) is 12.1 Å². The first-order valence-corrected chi connectivity index (χ1v) is 22.9. The van der Waals surface area contributed by atoms with Gasteiger partial charge in [0.1, 0.15) is 0 Å². The van der Waals surface area contributed by atoms with Crippen molar-refractivity contribution in [3.63, 3.8) is 0 Å². The normalized spacial score (nSPS) is 12.2. The van der Waals surface area contributed by atoms with E-state index in [2.05, 4.69) is 132 Å². The zero-order valence-corrected chi connectivity index (χ0v) is 43.4. The van der Waals surface area contributed by atoms with Gasteiger partial charge in [0.05, 0.1) is 0 Å². The smallest absolute Gasteiger partial charge is 0.172 e. The summed E-state index contributed by atoms with van der Waals surface area (Å²) < 4.78 is 1.25. The minimum absolute atomic E-state index is 0. The van der Waals surface area contributed by atoms with Gasteiger partial charge in [-0.2, -0.15) is 35.9 Å². The van der Waals surface area contributed by atoms with Crippen LogP contribution in [0.3, 0.4) is 0 Å². The van der Waals surface area contributed by atoms with E-state index >= 15 is 0 Å². The van der Waals surface area contributed by atoms with Crippen LogP contribution in [-0.2, 0) is 75.8 Å². The van der Waals surface area contributed by atoms with Gasteiger partial charge < -0.3 is 24.8 Å². The summed E-state index contributed by atoms with van der Waals surface area (Å²) in [5.74, 6) is 1.93. The van der Waals surface area contributed by atoms with Crippen LogP contribution in [0.15, 0.2) is 84.9 Å². The Kier molecular flexibility index (Phi) is 19.8. The molecule has 0 heterocycles. The monoisotopic (exact) mass is 972 g/mol. The molecular weight excluding hydrogens is 917 g/mol. The number of alkyl halides is 4. The minimum atomic E-state index is 0. The molecule has 312 valence electrons. The number of fused-ring (bicyclic) bond motifs is 3. The van der Waals surface area contributed by atoms with Crippen molar-refractivity contribution in [2.75, 3.05) is 0 Å². The van der Waals surface area contributed by atoms with E-state index in [-0.39, 0.29) is 46.5 Å². The molecule has 0 atom stereocenters. The summed E-state index contributed by atoms with van der Waals surface area (Å²) in [5.41, 5.74) is 18.6. The number of hydrogen-bond donors (Lipinski definition) is 0. The third kappa shape index (κ3) is 13.6. The molecule has 0 radical (unpaired) electrons. The molecule has 0 saturated heterocycles. The fraction of sp³-hybridized carbons (Fsp3) is 0.412. The van der Waals surface area contributed by atoms with Crippen molar-refractivity contribution in [2.24, 2.45) is 0 Å². The Balaban J connectivity index is 0.000000354. The zero-order valence-electron chi connectivity index (χ0n) is 36.4. The van der Waals surface area contributed by atoms with E-state index in [0.29, 0.717) is 23.5 Å². The Morgan fingerprint density at radius 3 is 1.24 bits per heavy atom. The van der Waals surface area contributed by atoms with E-state index in [9.17, 15) is 0 Å². The van der Waals surface area contributed by atoms with E-state index in [1.165, 1.54) is 83.1 Å². The predicted octanol–water partition coefficient (Wildman–Crippen LogP) is 9.42. The molecule has 0 aliphatic heterocycles. The van der Waals surface area contributed by atoms with Crippen molar-refractivity contribution in [3.05, 3.63) is 158 Å². The summed E-state index contributed by atoms with van der Waals surface area (Å²) in [5, 5.41) is 0. The molecule has 5 aromatic rings. The number of hydrogen-bond acceptors (Lipinski definition) is 0. The van der Waals surface area contributed by atoms with Gasteiger partial charge in [0.15, 0.2) is 0 Å². The fourth-order valence-electron chi connectivity index (χ4n) is 7.23. The van der Waals surface area contributed by atoms with Gasteiger partial charge in [0.25, 0.3) is 0 Å². The molecule has 0 spiro atoms. The molecule has 0 nitrogen and oxygen atoms in total. The van der Waals surface area contributed by atoms with Crippen molar-refractivity contribution < 1.29 is 49.0 Å². The van der Waals surface area contributed by atoms with Crippen molar-refractivity contribution in [3.8, 4) is 11.1 Å². The van der Waals surface area contributed by atoms with Gasteiger partial charge in [-0.05, 0) is 39.4 Å². The second-order valence-electron chi connectivity index (χ2n) is 19.1. The minimum Gasteiger partial charge on any atom is -1.00 e. The van der Waals surface area contributed by atoms with Crippen molar-refractivity contribution in [1.29, 1.82) is 0 Å². The van der Waals surface area contributed by atoms with Gasteiger partial charge in [-0.15, -0.1) is 16.7 Å². The van der Waals surface area contributed by atoms with Gasteiger partial charge >= 0.3 is 167 Å². The summed E-state index contributed by atoms with van der Waals surface area (Å²) in [6, 6.07) is 34.0. The quantitative estimate of drug-likeness (QED) is 0.115. The summed E-state index contributed by atoms with van der Waals surface area (Å²) in [6.45, 7) is 28.0. The van der Waals surface area contributed by atoms with E-state index in [0.717, 1.165) is 28.7 Å². The molecule has 0 amide bonds.